The molecule has 10 heteroatoms. The van der Waals surface area contributed by atoms with Gasteiger partial charge in [-0.05, 0) is 64.6 Å². The Morgan fingerprint density at radius 2 is 2.16 bits per heavy atom. The molecule has 0 aliphatic carbocycles. The third kappa shape index (κ3) is 4.48. The lowest BCUT2D eigenvalue weighted by atomic mass is 9.41. The SMILES string of the molecule is Cc1cc(N(C(=O)OC(C)(C)C)c2cc(C3CCCB(C#N)C3)nc3c(C)cnn23)sn1. The average molecular weight is 450 g/mol. The summed E-state index contributed by atoms with van der Waals surface area (Å²) in [7, 11) is 0. The number of aryl methyl sites for hydroxylation is 2. The van der Waals surface area contributed by atoms with E-state index >= 15 is 0 Å². The first kappa shape index (κ1) is 22.3. The van der Waals surface area contributed by atoms with Gasteiger partial charge in [-0.25, -0.2) is 19.9 Å². The summed E-state index contributed by atoms with van der Waals surface area (Å²) in [5.41, 5.74) is 2.67. The second kappa shape index (κ2) is 8.55. The lowest BCUT2D eigenvalue weighted by molar-refractivity contribution is 0.0598. The molecule has 0 bridgehead atoms. The highest BCUT2D eigenvalue weighted by Gasteiger charge is 2.32. The third-order valence-corrected chi connectivity index (χ3v) is 6.43. The number of hydrogen-bond donors (Lipinski definition) is 0. The molecule has 1 aliphatic rings. The fourth-order valence-corrected chi connectivity index (χ4v) is 4.84. The van der Waals surface area contributed by atoms with Crippen LogP contribution in [0.2, 0.25) is 12.6 Å². The highest BCUT2D eigenvalue weighted by atomic mass is 32.1. The molecule has 4 heterocycles. The number of fused-ring (bicyclic) bond motifs is 1. The molecule has 0 aromatic carbocycles. The van der Waals surface area contributed by atoms with Gasteiger partial charge in [-0.1, -0.05) is 19.1 Å². The zero-order chi connectivity index (χ0) is 23.0. The second-order valence-electron chi connectivity index (χ2n) is 9.41. The van der Waals surface area contributed by atoms with Gasteiger partial charge in [0.1, 0.15) is 16.4 Å². The van der Waals surface area contributed by atoms with E-state index in [0.29, 0.717) is 16.5 Å². The first-order chi connectivity index (χ1) is 15.2. The number of rotatable bonds is 3. The van der Waals surface area contributed by atoms with E-state index in [1.165, 1.54) is 16.4 Å². The number of nitrogens with zero attached hydrogens (tertiary/aromatic N) is 6. The Balaban J connectivity index is 1.87. The Morgan fingerprint density at radius 1 is 1.38 bits per heavy atom. The fraction of sp³-hybridized carbons (Fsp3) is 0.500. The lowest BCUT2D eigenvalue weighted by Gasteiger charge is -2.28. The Kier molecular flexibility index (Phi) is 5.95. The lowest BCUT2D eigenvalue weighted by Crippen LogP contribution is -2.34. The molecule has 1 unspecified atom stereocenters. The minimum Gasteiger partial charge on any atom is -0.443 e. The number of amides is 1. The van der Waals surface area contributed by atoms with Crippen molar-refractivity contribution < 1.29 is 9.53 Å². The Morgan fingerprint density at radius 3 is 2.81 bits per heavy atom. The second-order valence-corrected chi connectivity index (χ2v) is 10.2. The summed E-state index contributed by atoms with van der Waals surface area (Å²) >= 11 is 1.24. The van der Waals surface area contributed by atoms with Gasteiger partial charge in [-0.2, -0.15) is 14.0 Å². The Bertz CT molecular complexity index is 1190. The number of hydrogen-bond acceptors (Lipinski definition) is 7. The zero-order valence-electron chi connectivity index (χ0n) is 19.1. The van der Waals surface area contributed by atoms with Crippen LogP contribution in [0.25, 0.3) is 5.65 Å². The van der Waals surface area contributed by atoms with E-state index in [9.17, 15) is 10.1 Å². The molecule has 1 amide bonds. The van der Waals surface area contributed by atoms with Gasteiger partial charge < -0.3 is 4.74 Å². The van der Waals surface area contributed by atoms with Crippen LogP contribution in [0.1, 0.15) is 56.5 Å². The number of carbonyl (C=O) groups is 1. The maximum absolute atomic E-state index is 13.4. The maximum Gasteiger partial charge on any atom is 0.421 e. The van der Waals surface area contributed by atoms with Gasteiger partial charge in [0, 0.05) is 23.3 Å². The van der Waals surface area contributed by atoms with E-state index in [-0.39, 0.29) is 12.6 Å². The number of ether oxygens (including phenoxy) is 1. The standard InChI is InChI=1S/C22H27BN6O2S/c1-14-12-25-29-18(10-17(26-20(14)29)16-7-6-8-23(11-16)13-24)28(19-9-15(2)27-32-19)21(30)31-22(3,4)5/h9-10,12,16H,6-8,11H2,1-5H3. The molecule has 1 atom stereocenters. The fourth-order valence-electron chi connectivity index (χ4n) is 4.08. The highest BCUT2D eigenvalue weighted by Crippen LogP contribution is 2.37. The van der Waals surface area contributed by atoms with Crippen molar-refractivity contribution in [3.63, 3.8) is 0 Å². The number of aromatic nitrogens is 4. The molecule has 3 aromatic rings. The van der Waals surface area contributed by atoms with Crippen LogP contribution in [0.4, 0.5) is 15.6 Å². The number of carbonyl (C=O) groups excluding carboxylic acids is 1. The van der Waals surface area contributed by atoms with E-state index in [4.69, 9.17) is 9.72 Å². The van der Waals surface area contributed by atoms with E-state index in [2.05, 4.69) is 15.4 Å². The molecule has 8 nitrogen and oxygen atoms in total. The molecule has 0 spiro atoms. The van der Waals surface area contributed by atoms with Crippen molar-refractivity contribution in [2.45, 2.75) is 71.6 Å². The molecule has 3 aromatic heterocycles. The minimum absolute atomic E-state index is 0.0346. The van der Waals surface area contributed by atoms with Crippen molar-refractivity contribution in [2.24, 2.45) is 0 Å². The number of anilines is 2. The van der Waals surface area contributed by atoms with Gasteiger partial charge in [0.15, 0.2) is 5.65 Å². The Labute approximate surface area is 192 Å². The topological polar surface area (TPSA) is 96.4 Å². The van der Waals surface area contributed by atoms with Gasteiger partial charge in [0.2, 0.25) is 0 Å². The van der Waals surface area contributed by atoms with Gasteiger partial charge in [-0.15, -0.1) is 0 Å². The molecule has 1 aliphatic heterocycles. The summed E-state index contributed by atoms with van der Waals surface area (Å²) < 4.78 is 11.8. The highest BCUT2D eigenvalue weighted by molar-refractivity contribution is 7.10. The van der Waals surface area contributed by atoms with Gasteiger partial charge in [-0.3, -0.25) is 0 Å². The smallest absolute Gasteiger partial charge is 0.421 e. The van der Waals surface area contributed by atoms with E-state index in [1.807, 2.05) is 46.8 Å². The predicted molar refractivity (Wildman–Crippen MR) is 126 cm³/mol. The molecule has 0 N–H and O–H groups in total. The molecule has 0 radical (unpaired) electrons. The van der Waals surface area contributed by atoms with Gasteiger partial charge in [0.25, 0.3) is 6.71 Å². The largest absolute Gasteiger partial charge is 0.443 e. The third-order valence-electron chi connectivity index (χ3n) is 5.57. The van der Waals surface area contributed by atoms with Crippen LogP contribution >= 0.6 is 11.5 Å². The van der Waals surface area contributed by atoms with E-state index in [1.54, 1.807) is 10.7 Å². The summed E-state index contributed by atoms with van der Waals surface area (Å²) in [4.78, 5) is 19.8. The monoisotopic (exact) mass is 450 g/mol. The molecular formula is C22H27BN6O2S. The molecular weight excluding hydrogens is 423 g/mol. The quantitative estimate of drug-likeness (QED) is 0.502. The van der Waals surface area contributed by atoms with Crippen molar-refractivity contribution >= 4 is 40.8 Å². The van der Waals surface area contributed by atoms with Crippen LogP contribution in [0.5, 0.6) is 0 Å². The molecule has 166 valence electrons. The normalized spacial score (nSPS) is 16.8. The van der Waals surface area contributed by atoms with Crippen molar-refractivity contribution in [3.8, 4) is 5.97 Å². The van der Waals surface area contributed by atoms with Crippen molar-refractivity contribution in [1.82, 2.24) is 19.0 Å². The summed E-state index contributed by atoms with van der Waals surface area (Å²) in [6.45, 7) is 9.41. The molecule has 32 heavy (non-hydrogen) atoms. The van der Waals surface area contributed by atoms with E-state index < -0.39 is 11.7 Å². The Hall–Kier alpha value is -2.93. The molecule has 1 fully saturated rings. The van der Waals surface area contributed by atoms with Crippen molar-refractivity contribution in [2.75, 3.05) is 4.90 Å². The van der Waals surface area contributed by atoms with Crippen LogP contribution < -0.4 is 4.90 Å². The van der Waals surface area contributed by atoms with Crippen LogP contribution in [-0.2, 0) is 4.74 Å². The van der Waals surface area contributed by atoms with Crippen LogP contribution in [0.15, 0.2) is 18.3 Å². The van der Waals surface area contributed by atoms with Gasteiger partial charge >= 0.3 is 6.09 Å². The zero-order valence-corrected chi connectivity index (χ0v) is 19.9. The van der Waals surface area contributed by atoms with Crippen molar-refractivity contribution in [3.05, 3.63) is 35.3 Å². The van der Waals surface area contributed by atoms with Crippen molar-refractivity contribution in [1.29, 1.82) is 5.26 Å². The van der Waals surface area contributed by atoms with Crippen LogP contribution in [0, 0.1) is 25.1 Å². The first-order valence-corrected chi connectivity index (χ1v) is 11.6. The summed E-state index contributed by atoms with van der Waals surface area (Å²) in [5, 5.41) is 14.6. The molecule has 0 saturated carbocycles. The van der Waals surface area contributed by atoms with E-state index in [0.717, 1.165) is 42.4 Å². The van der Waals surface area contributed by atoms with Gasteiger partial charge in [0.05, 0.1) is 11.9 Å². The summed E-state index contributed by atoms with van der Waals surface area (Å²) in [5.74, 6) is 3.15. The first-order valence-electron chi connectivity index (χ1n) is 10.9. The minimum atomic E-state index is -0.659. The predicted octanol–water partition coefficient (Wildman–Crippen LogP) is 5.31. The summed E-state index contributed by atoms with van der Waals surface area (Å²) in [6, 6.07) is 3.78. The molecule has 4 rings (SSSR count). The molecule has 1 saturated heterocycles. The van der Waals surface area contributed by atoms with Crippen LogP contribution in [-0.4, -0.2) is 37.4 Å². The summed E-state index contributed by atoms with van der Waals surface area (Å²) in [6.07, 6.45) is 4.93. The number of nitriles is 1. The average Bonchev–Trinajstić information content (AvgIpc) is 3.32. The maximum atomic E-state index is 13.4. The van der Waals surface area contributed by atoms with Crippen LogP contribution in [0.3, 0.4) is 0 Å².